The smallest absolute Gasteiger partial charge is 0.259 e. The molecule has 0 bridgehead atoms. The zero-order valence-corrected chi connectivity index (χ0v) is 19.0. The van der Waals surface area contributed by atoms with Gasteiger partial charge in [0.1, 0.15) is 23.0 Å². The van der Waals surface area contributed by atoms with E-state index in [2.05, 4.69) is 9.88 Å². The largest absolute Gasteiger partial charge is 0.467 e. The third kappa shape index (κ3) is 5.44. The van der Waals surface area contributed by atoms with Crippen molar-refractivity contribution in [2.75, 3.05) is 13.2 Å². The highest BCUT2D eigenvalue weighted by Gasteiger charge is 2.25. The number of ether oxygens (including phenoxy) is 1. The molecule has 1 aliphatic rings. The maximum atomic E-state index is 12.7. The summed E-state index contributed by atoms with van der Waals surface area (Å²) >= 11 is 1.57. The highest BCUT2D eigenvalue weighted by Crippen LogP contribution is 2.27. The lowest BCUT2D eigenvalue weighted by Crippen LogP contribution is -2.43. The number of aromatic amines is 1. The van der Waals surface area contributed by atoms with E-state index in [0.29, 0.717) is 36.9 Å². The molecule has 3 heterocycles. The van der Waals surface area contributed by atoms with Gasteiger partial charge in [-0.1, -0.05) is 19.3 Å². The Kier molecular flexibility index (Phi) is 7.22. The van der Waals surface area contributed by atoms with Crippen molar-refractivity contribution in [1.82, 2.24) is 14.9 Å². The number of fused-ring (bicyclic) bond motifs is 1. The van der Waals surface area contributed by atoms with Crippen molar-refractivity contribution < 1.29 is 14.3 Å². The molecule has 8 heteroatoms. The number of aliphatic hydroxyl groups is 1. The first-order valence-electron chi connectivity index (χ1n) is 11.0. The van der Waals surface area contributed by atoms with E-state index in [1.165, 1.54) is 19.3 Å². The first-order valence-corrected chi connectivity index (χ1v) is 11.8. The van der Waals surface area contributed by atoms with Crippen LogP contribution in [0, 0.1) is 13.8 Å². The zero-order valence-electron chi connectivity index (χ0n) is 18.2. The summed E-state index contributed by atoms with van der Waals surface area (Å²) in [4.78, 5) is 24.6. The number of aryl methyl sites for hydroxylation is 2. The van der Waals surface area contributed by atoms with Crippen LogP contribution < -0.4 is 5.56 Å². The monoisotopic (exact) mass is 445 g/mol. The van der Waals surface area contributed by atoms with E-state index < -0.39 is 6.10 Å². The van der Waals surface area contributed by atoms with Gasteiger partial charge in [-0.05, 0) is 44.4 Å². The molecule has 0 aromatic carbocycles. The molecule has 1 saturated carbocycles. The highest BCUT2D eigenvalue weighted by atomic mass is 32.1. The average Bonchev–Trinajstić information content (AvgIpc) is 3.36. The molecule has 1 fully saturated rings. The van der Waals surface area contributed by atoms with Crippen LogP contribution in [0.4, 0.5) is 0 Å². The molecule has 0 radical (unpaired) electrons. The first kappa shape index (κ1) is 22.2. The van der Waals surface area contributed by atoms with E-state index in [9.17, 15) is 9.90 Å². The minimum atomic E-state index is -0.626. The highest BCUT2D eigenvalue weighted by molar-refractivity contribution is 7.18. The predicted molar refractivity (Wildman–Crippen MR) is 121 cm³/mol. The molecule has 168 valence electrons. The summed E-state index contributed by atoms with van der Waals surface area (Å²) in [6, 6.07) is 4.05. The Hall–Kier alpha value is -2.00. The number of furan rings is 1. The molecule has 0 saturated heterocycles. The van der Waals surface area contributed by atoms with Gasteiger partial charge in [0.2, 0.25) is 0 Å². The Morgan fingerprint density at radius 3 is 2.90 bits per heavy atom. The van der Waals surface area contributed by atoms with Crippen molar-refractivity contribution in [1.29, 1.82) is 0 Å². The summed E-state index contributed by atoms with van der Waals surface area (Å²) < 4.78 is 10.9. The van der Waals surface area contributed by atoms with E-state index in [-0.39, 0.29) is 12.2 Å². The standard InChI is InChI=1S/C23H31N3O4S/c1-15-16(2)31-23-21(15)22(28)24-20(25-23)12-26(17-7-4-3-5-8-17)11-18(27)13-29-14-19-9-6-10-30-19/h6,9-10,17-18,27H,3-5,7-8,11-14H2,1-2H3,(H,24,25,28). The van der Waals surface area contributed by atoms with E-state index in [0.717, 1.165) is 33.9 Å². The number of rotatable bonds is 9. The second-order valence-corrected chi connectivity index (χ2v) is 9.65. The Bertz CT molecular complexity index is 1040. The van der Waals surface area contributed by atoms with Gasteiger partial charge < -0.3 is 19.2 Å². The molecule has 0 spiro atoms. The minimum Gasteiger partial charge on any atom is -0.467 e. The summed E-state index contributed by atoms with van der Waals surface area (Å²) in [5.41, 5.74) is 0.932. The topological polar surface area (TPSA) is 91.6 Å². The Morgan fingerprint density at radius 2 is 2.16 bits per heavy atom. The number of aliphatic hydroxyl groups excluding tert-OH is 1. The van der Waals surface area contributed by atoms with Gasteiger partial charge in [0, 0.05) is 17.5 Å². The van der Waals surface area contributed by atoms with Crippen LogP contribution in [0.5, 0.6) is 0 Å². The van der Waals surface area contributed by atoms with Gasteiger partial charge in [0.15, 0.2) is 0 Å². The molecular formula is C23H31N3O4S. The minimum absolute atomic E-state index is 0.0761. The van der Waals surface area contributed by atoms with Gasteiger partial charge in [-0.2, -0.15) is 0 Å². The van der Waals surface area contributed by atoms with E-state index >= 15 is 0 Å². The van der Waals surface area contributed by atoms with Gasteiger partial charge in [0.25, 0.3) is 5.56 Å². The van der Waals surface area contributed by atoms with Crippen LogP contribution >= 0.6 is 11.3 Å². The molecule has 31 heavy (non-hydrogen) atoms. The van der Waals surface area contributed by atoms with Gasteiger partial charge in [0.05, 0.1) is 30.9 Å². The fraction of sp³-hybridized carbons (Fsp3) is 0.565. The van der Waals surface area contributed by atoms with Crippen molar-refractivity contribution in [3.8, 4) is 0 Å². The van der Waals surface area contributed by atoms with E-state index in [1.807, 2.05) is 26.0 Å². The number of nitrogens with zero attached hydrogens (tertiary/aromatic N) is 2. The molecule has 0 aliphatic heterocycles. The number of hydrogen-bond donors (Lipinski definition) is 2. The lowest BCUT2D eigenvalue weighted by molar-refractivity contribution is -0.00766. The van der Waals surface area contributed by atoms with Crippen molar-refractivity contribution >= 4 is 21.6 Å². The predicted octanol–water partition coefficient (Wildman–Crippen LogP) is 3.91. The molecule has 2 N–H and O–H groups in total. The second kappa shape index (κ2) is 10.1. The lowest BCUT2D eigenvalue weighted by atomic mass is 9.94. The number of aromatic nitrogens is 2. The zero-order chi connectivity index (χ0) is 21.8. The fourth-order valence-electron chi connectivity index (χ4n) is 4.37. The third-order valence-corrected chi connectivity index (χ3v) is 7.21. The van der Waals surface area contributed by atoms with E-state index in [4.69, 9.17) is 14.1 Å². The molecule has 4 rings (SSSR count). The SMILES string of the molecule is Cc1sc2nc(CN(CC(O)COCc3ccco3)C3CCCCC3)[nH]c(=O)c2c1C. The third-order valence-electron chi connectivity index (χ3n) is 6.11. The average molecular weight is 446 g/mol. The molecule has 0 amide bonds. The Labute approximate surface area is 186 Å². The van der Waals surface area contributed by atoms with Crippen molar-refractivity contribution in [3.63, 3.8) is 0 Å². The number of thiophene rings is 1. The van der Waals surface area contributed by atoms with Crippen LogP contribution in [0.15, 0.2) is 27.6 Å². The molecule has 1 atom stereocenters. The van der Waals surface area contributed by atoms with Crippen molar-refractivity contribution in [3.05, 3.63) is 50.8 Å². The van der Waals surface area contributed by atoms with Crippen molar-refractivity contribution in [2.45, 2.75) is 71.2 Å². The molecule has 3 aromatic rings. The fourth-order valence-corrected chi connectivity index (χ4v) is 5.42. The normalized spacial score (nSPS) is 16.4. The number of H-pyrrole nitrogens is 1. The summed E-state index contributed by atoms with van der Waals surface area (Å²) in [5, 5.41) is 11.3. The lowest BCUT2D eigenvalue weighted by Gasteiger charge is -2.35. The molecule has 7 nitrogen and oxygen atoms in total. The van der Waals surface area contributed by atoms with Crippen LogP contribution in [0.1, 0.15) is 54.1 Å². The van der Waals surface area contributed by atoms with Crippen LogP contribution in [0.2, 0.25) is 0 Å². The maximum absolute atomic E-state index is 12.7. The van der Waals surface area contributed by atoms with Crippen LogP contribution in [0.25, 0.3) is 10.2 Å². The van der Waals surface area contributed by atoms with Gasteiger partial charge >= 0.3 is 0 Å². The first-order chi connectivity index (χ1) is 15.0. The second-order valence-electron chi connectivity index (χ2n) is 8.45. The van der Waals surface area contributed by atoms with Crippen LogP contribution in [-0.4, -0.2) is 45.3 Å². The van der Waals surface area contributed by atoms with Crippen LogP contribution in [0.3, 0.4) is 0 Å². The summed E-state index contributed by atoms with van der Waals surface area (Å²) in [7, 11) is 0. The molecule has 3 aromatic heterocycles. The Morgan fingerprint density at radius 1 is 1.35 bits per heavy atom. The van der Waals surface area contributed by atoms with Crippen molar-refractivity contribution in [2.24, 2.45) is 0 Å². The van der Waals surface area contributed by atoms with Gasteiger partial charge in [-0.25, -0.2) is 4.98 Å². The summed E-state index contributed by atoms with van der Waals surface area (Å²) in [6.07, 6.45) is 6.83. The Balaban J connectivity index is 1.45. The van der Waals surface area contributed by atoms with E-state index in [1.54, 1.807) is 17.6 Å². The molecular weight excluding hydrogens is 414 g/mol. The molecule has 1 unspecified atom stereocenters. The van der Waals surface area contributed by atoms with Crippen LogP contribution in [-0.2, 0) is 17.9 Å². The van der Waals surface area contributed by atoms with Gasteiger partial charge in [-0.3, -0.25) is 9.69 Å². The summed E-state index contributed by atoms with van der Waals surface area (Å²) in [5.74, 6) is 1.40. The number of hydrogen-bond acceptors (Lipinski definition) is 7. The maximum Gasteiger partial charge on any atom is 0.259 e. The van der Waals surface area contributed by atoms with Gasteiger partial charge in [-0.15, -0.1) is 11.3 Å². The molecule has 1 aliphatic carbocycles. The summed E-state index contributed by atoms with van der Waals surface area (Å²) in [6.45, 7) is 5.56. The number of nitrogens with one attached hydrogen (secondary N) is 1. The quantitative estimate of drug-likeness (QED) is 0.519.